The number of carbonyl (C=O) groups excluding carboxylic acids is 1. The van der Waals surface area contributed by atoms with E-state index in [0.717, 1.165) is 6.29 Å². The molecule has 3 heteroatoms. The zero-order valence-corrected chi connectivity index (χ0v) is 8.65. The van der Waals surface area contributed by atoms with Crippen molar-refractivity contribution in [2.45, 2.75) is 0 Å². The van der Waals surface area contributed by atoms with Crippen LogP contribution in [0.3, 0.4) is 0 Å². The molecule has 0 atom stereocenters. The molecule has 1 aromatic heterocycles. The van der Waals surface area contributed by atoms with Crippen LogP contribution in [0.1, 0.15) is 0 Å². The van der Waals surface area contributed by atoms with Crippen LogP contribution in [0.25, 0.3) is 0 Å². The second kappa shape index (κ2) is 8.05. The average molecular weight is 216 g/mol. The van der Waals surface area contributed by atoms with E-state index in [0.29, 0.717) is 5.95 Å². The highest BCUT2D eigenvalue weighted by Crippen LogP contribution is 2.09. The standard InChI is InChI=1S/C13H12O3/c14-10-6-4-2-1-3-5-7-11-15-13-9-8-12-16-13/h1-12H. The van der Waals surface area contributed by atoms with Crippen LogP contribution >= 0.6 is 0 Å². The quantitative estimate of drug-likeness (QED) is 0.317. The second-order valence-electron chi connectivity index (χ2n) is 2.67. The Bertz CT molecular complexity index is 395. The van der Waals surface area contributed by atoms with Gasteiger partial charge in [0.1, 0.15) is 6.29 Å². The van der Waals surface area contributed by atoms with Crippen LogP contribution in [0.5, 0.6) is 5.95 Å². The summed E-state index contributed by atoms with van der Waals surface area (Å²) in [5, 5.41) is 0. The van der Waals surface area contributed by atoms with Gasteiger partial charge in [-0.15, -0.1) is 0 Å². The lowest BCUT2D eigenvalue weighted by molar-refractivity contribution is -0.104. The smallest absolute Gasteiger partial charge is 0.289 e. The summed E-state index contributed by atoms with van der Waals surface area (Å²) >= 11 is 0. The zero-order valence-electron chi connectivity index (χ0n) is 8.65. The molecule has 0 spiro atoms. The summed E-state index contributed by atoms with van der Waals surface area (Å²) in [5.41, 5.74) is 0. The molecule has 0 fully saturated rings. The molecular formula is C13H12O3. The van der Waals surface area contributed by atoms with Gasteiger partial charge in [0.05, 0.1) is 12.5 Å². The minimum Gasteiger partial charge on any atom is -0.434 e. The van der Waals surface area contributed by atoms with Crippen LogP contribution < -0.4 is 4.74 Å². The van der Waals surface area contributed by atoms with Gasteiger partial charge in [0.15, 0.2) is 0 Å². The van der Waals surface area contributed by atoms with Crippen molar-refractivity contribution in [2.24, 2.45) is 0 Å². The SMILES string of the molecule is O=CC=CC=CC=CC=COc1ccco1. The first-order valence-corrected chi connectivity index (χ1v) is 4.74. The first-order chi connectivity index (χ1) is 7.93. The molecule has 1 heterocycles. The van der Waals surface area contributed by atoms with Gasteiger partial charge in [0.25, 0.3) is 5.95 Å². The number of hydrogen-bond donors (Lipinski definition) is 0. The van der Waals surface area contributed by atoms with E-state index in [1.165, 1.54) is 12.3 Å². The fourth-order valence-corrected chi connectivity index (χ4v) is 0.848. The largest absolute Gasteiger partial charge is 0.434 e. The molecule has 82 valence electrons. The molecule has 0 bridgehead atoms. The molecule has 16 heavy (non-hydrogen) atoms. The Labute approximate surface area is 94.0 Å². The molecule has 0 amide bonds. The lowest BCUT2D eigenvalue weighted by Crippen LogP contribution is -1.75. The van der Waals surface area contributed by atoms with Gasteiger partial charge < -0.3 is 9.15 Å². The van der Waals surface area contributed by atoms with Gasteiger partial charge in [-0.05, 0) is 18.2 Å². The summed E-state index contributed by atoms with van der Waals surface area (Å²) in [6.07, 6.45) is 15.8. The number of aldehydes is 1. The lowest BCUT2D eigenvalue weighted by atomic mass is 10.4. The van der Waals surface area contributed by atoms with Gasteiger partial charge in [0, 0.05) is 6.07 Å². The maximum absolute atomic E-state index is 9.92. The van der Waals surface area contributed by atoms with Crippen molar-refractivity contribution in [3.63, 3.8) is 0 Å². The van der Waals surface area contributed by atoms with Crippen molar-refractivity contribution in [3.05, 3.63) is 67.2 Å². The number of furan rings is 1. The maximum Gasteiger partial charge on any atom is 0.289 e. The van der Waals surface area contributed by atoms with Crippen molar-refractivity contribution < 1.29 is 13.9 Å². The highest BCUT2D eigenvalue weighted by Gasteiger charge is 1.88. The summed E-state index contributed by atoms with van der Waals surface area (Å²) in [4.78, 5) is 9.92. The molecule has 0 saturated heterocycles. The zero-order chi connectivity index (χ0) is 11.5. The fraction of sp³-hybridized carbons (Fsp3) is 0. The predicted molar refractivity (Wildman–Crippen MR) is 62.0 cm³/mol. The molecule has 0 aromatic carbocycles. The molecule has 0 unspecified atom stereocenters. The van der Waals surface area contributed by atoms with E-state index in [1.807, 2.05) is 6.08 Å². The van der Waals surface area contributed by atoms with E-state index in [2.05, 4.69) is 0 Å². The number of hydrogen-bond acceptors (Lipinski definition) is 3. The summed E-state index contributed by atoms with van der Waals surface area (Å²) < 4.78 is 10.1. The van der Waals surface area contributed by atoms with E-state index < -0.39 is 0 Å². The summed E-state index contributed by atoms with van der Waals surface area (Å²) in [6, 6.07) is 3.47. The Morgan fingerprint density at radius 2 is 1.69 bits per heavy atom. The minimum atomic E-state index is 0.453. The van der Waals surface area contributed by atoms with Gasteiger partial charge >= 0.3 is 0 Å². The van der Waals surface area contributed by atoms with Crippen LogP contribution in [0, 0.1) is 0 Å². The molecule has 1 rings (SSSR count). The van der Waals surface area contributed by atoms with Crippen molar-refractivity contribution in [3.8, 4) is 5.95 Å². The fourth-order valence-electron chi connectivity index (χ4n) is 0.848. The van der Waals surface area contributed by atoms with Gasteiger partial charge in [-0.2, -0.15) is 0 Å². The number of carbonyl (C=O) groups is 1. The average Bonchev–Trinajstić information content (AvgIpc) is 2.80. The molecule has 0 radical (unpaired) electrons. The summed E-state index contributed by atoms with van der Waals surface area (Å²) in [7, 11) is 0. The molecule has 1 aromatic rings. The highest BCUT2D eigenvalue weighted by atomic mass is 16.6. The molecular weight excluding hydrogens is 204 g/mol. The third-order valence-electron chi connectivity index (χ3n) is 1.50. The van der Waals surface area contributed by atoms with Crippen LogP contribution in [0.15, 0.2) is 71.6 Å². The minimum absolute atomic E-state index is 0.453. The van der Waals surface area contributed by atoms with Gasteiger partial charge in [-0.1, -0.05) is 30.4 Å². The van der Waals surface area contributed by atoms with Crippen LogP contribution in [0.2, 0.25) is 0 Å². The van der Waals surface area contributed by atoms with Crippen molar-refractivity contribution in [1.82, 2.24) is 0 Å². The molecule has 0 N–H and O–H groups in total. The Balaban J connectivity index is 2.21. The lowest BCUT2D eigenvalue weighted by Gasteiger charge is -1.89. The number of allylic oxidation sites excluding steroid dienone is 7. The maximum atomic E-state index is 9.92. The first kappa shape index (κ1) is 11.8. The first-order valence-electron chi connectivity index (χ1n) is 4.74. The van der Waals surface area contributed by atoms with Crippen LogP contribution in [-0.2, 0) is 4.79 Å². The highest BCUT2D eigenvalue weighted by molar-refractivity contribution is 5.65. The molecule has 0 aliphatic carbocycles. The van der Waals surface area contributed by atoms with E-state index in [-0.39, 0.29) is 0 Å². The predicted octanol–water partition coefficient (Wildman–Crippen LogP) is 3.04. The van der Waals surface area contributed by atoms with Gasteiger partial charge in [-0.25, -0.2) is 0 Å². The molecule has 0 aliphatic rings. The van der Waals surface area contributed by atoms with Gasteiger partial charge in [0.2, 0.25) is 0 Å². The molecule has 0 aliphatic heterocycles. The van der Waals surface area contributed by atoms with E-state index in [1.54, 1.807) is 48.8 Å². The van der Waals surface area contributed by atoms with Crippen molar-refractivity contribution in [1.29, 1.82) is 0 Å². The topological polar surface area (TPSA) is 39.4 Å². The van der Waals surface area contributed by atoms with Gasteiger partial charge in [-0.3, -0.25) is 4.79 Å². The summed E-state index contributed by atoms with van der Waals surface area (Å²) in [6.45, 7) is 0. The van der Waals surface area contributed by atoms with Crippen molar-refractivity contribution >= 4 is 6.29 Å². The Kier molecular flexibility index (Phi) is 5.93. The van der Waals surface area contributed by atoms with E-state index in [4.69, 9.17) is 9.15 Å². The van der Waals surface area contributed by atoms with Crippen molar-refractivity contribution in [2.75, 3.05) is 0 Å². The molecule has 0 saturated carbocycles. The summed E-state index contributed by atoms with van der Waals surface area (Å²) in [5.74, 6) is 0.453. The van der Waals surface area contributed by atoms with Crippen LogP contribution in [-0.4, -0.2) is 6.29 Å². The Hall–Kier alpha value is -2.29. The second-order valence-corrected chi connectivity index (χ2v) is 2.67. The third-order valence-corrected chi connectivity index (χ3v) is 1.50. The third kappa shape index (κ3) is 5.44. The number of ether oxygens (including phenoxy) is 1. The number of rotatable bonds is 6. The van der Waals surface area contributed by atoms with Crippen LogP contribution in [0.4, 0.5) is 0 Å². The monoisotopic (exact) mass is 216 g/mol. The van der Waals surface area contributed by atoms with E-state index in [9.17, 15) is 4.79 Å². The van der Waals surface area contributed by atoms with E-state index >= 15 is 0 Å². The normalized spacial score (nSPS) is 12.2. The Morgan fingerprint density at radius 3 is 2.31 bits per heavy atom. The Morgan fingerprint density at radius 1 is 1.00 bits per heavy atom. The molecule has 3 nitrogen and oxygen atoms in total.